The molecule has 1 saturated carbocycles. The van der Waals surface area contributed by atoms with E-state index in [1.165, 1.54) is 0 Å². The van der Waals surface area contributed by atoms with Gasteiger partial charge >= 0.3 is 0 Å². The van der Waals surface area contributed by atoms with E-state index in [4.69, 9.17) is 5.73 Å². The summed E-state index contributed by atoms with van der Waals surface area (Å²) in [5.41, 5.74) is 6.45. The smallest absolute Gasteiger partial charge is 0.263 e. The Morgan fingerprint density at radius 3 is 2.72 bits per heavy atom. The van der Waals surface area contributed by atoms with Crippen LogP contribution in [0, 0.1) is 0 Å². The summed E-state index contributed by atoms with van der Waals surface area (Å²) in [4.78, 5) is 16.6. The van der Waals surface area contributed by atoms with Crippen LogP contribution in [0.1, 0.15) is 44.1 Å². The van der Waals surface area contributed by atoms with Gasteiger partial charge in [-0.25, -0.2) is 8.42 Å². The number of sulfonamides is 1. The Balaban J connectivity index is 1.47. The largest absolute Gasteiger partial charge is 0.353 e. The fourth-order valence-electron chi connectivity index (χ4n) is 3.25. The Morgan fingerprint density at radius 1 is 1.24 bits per heavy atom. The van der Waals surface area contributed by atoms with Gasteiger partial charge in [-0.15, -0.1) is 0 Å². The highest BCUT2D eigenvalue weighted by Gasteiger charge is 2.29. The van der Waals surface area contributed by atoms with Crippen molar-refractivity contribution >= 4 is 21.8 Å². The first-order valence-corrected chi connectivity index (χ1v) is 10.2. The molecule has 2 aliphatic rings. The molecule has 0 aromatic heterocycles. The minimum Gasteiger partial charge on any atom is -0.353 e. The van der Waals surface area contributed by atoms with Gasteiger partial charge in [-0.3, -0.25) is 14.5 Å². The van der Waals surface area contributed by atoms with Crippen LogP contribution in [0.4, 0.5) is 0 Å². The van der Waals surface area contributed by atoms with E-state index in [-0.39, 0.29) is 22.9 Å². The lowest BCUT2D eigenvalue weighted by molar-refractivity contribution is -0.122. The number of hydrogen-bond donors (Lipinski definition) is 3. The van der Waals surface area contributed by atoms with E-state index in [0.717, 1.165) is 25.7 Å². The molecule has 136 valence electrons. The van der Waals surface area contributed by atoms with Gasteiger partial charge in [0.2, 0.25) is 5.91 Å². The molecule has 1 aliphatic carbocycles. The maximum absolute atomic E-state index is 12.0. The number of hydrogen-bond acceptors (Lipinski definition) is 5. The summed E-state index contributed by atoms with van der Waals surface area (Å²) >= 11 is 0. The fraction of sp³-hybridized carbons (Fsp3) is 0.529. The van der Waals surface area contributed by atoms with Gasteiger partial charge < -0.3 is 11.1 Å². The second kappa shape index (κ2) is 7.53. The normalized spacial score (nSPS) is 26.0. The third-order valence-corrected chi connectivity index (χ3v) is 6.03. The molecule has 1 aromatic carbocycles. The zero-order chi connectivity index (χ0) is 17.9. The molecule has 4 N–H and O–H groups in total. The average molecular weight is 364 g/mol. The molecule has 1 amide bonds. The highest BCUT2D eigenvalue weighted by molar-refractivity contribution is 7.90. The lowest BCUT2D eigenvalue weighted by atomic mass is 9.92. The van der Waals surface area contributed by atoms with Crippen molar-refractivity contribution in [3.05, 3.63) is 29.8 Å². The van der Waals surface area contributed by atoms with Gasteiger partial charge in [0.05, 0.1) is 4.90 Å². The number of carbonyl (C=O) groups excluding carboxylic acids is 1. The van der Waals surface area contributed by atoms with Crippen LogP contribution in [0.15, 0.2) is 34.2 Å². The first kappa shape index (κ1) is 17.9. The number of nitrogens with zero attached hydrogens (tertiary/aromatic N) is 1. The molecule has 1 heterocycles. The number of aliphatic imine (C=N–C) groups is 1. The number of amides is 1. The van der Waals surface area contributed by atoms with Crippen LogP contribution in [-0.2, 0) is 14.8 Å². The molecule has 0 saturated heterocycles. The molecular weight excluding hydrogens is 340 g/mol. The summed E-state index contributed by atoms with van der Waals surface area (Å²) in [6, 6.07) is 7.24. The van der Waals surface area contributed by atoms with E-state index >= 15 is 0 Å². The third kappa shape index (κ3) is 4.38. The van der Waals surface area contributed by atoms with E-state index in [9.17, 15) is 13.2 Å². The molecule has 25 heavy (non-hydrogen) atoms. The molecule has 8 heteroatoms. The number of carbonyl (C=O) groups is 1. The van der Waals surface area contributed by atoms with Gasteiger partial charge in [0, 0.05) is 30.6 Å². The molecular formula is C17H24N4O3S. The molecule has 0 spiro atoms. The van der Waals surface area contributed by atoms with Gasteiger partial charge in [-0.2, -0.15) is 0 Å². The highest BCUT2D eigenvalue weighted by atomic mass is 32.2. The van der Waals surface area contributed by atoms with Crippen LogP contribution < -0.4 is 15.8 Å². The maximum atomic E-state index is 12.0. The standard InChI is InChI=1S/C17H24N4O3S/c18-12-7-9-13(10-8-12)20-16(22)6-3-11-19-17-14-4-1-2-5-15(14)25(23,24)21-17/h1-2,4-5,12-13H,3,6-11,18H2,(H,19,21)(H,20,22). The number of rotatable bonds is 5. The monoisotopic (exact) mass is 364 g/mol. The predicted molar refractivity (Wildman–Crippen MR) is 95.8 cm³/mol. The van der Waals surface area contributed by atoms with Crippen molar-refractivity contribution < 1.29 is 13.2 Å². The number of amidine groups is 1. The molecule has 0 radical (unpaired) electrons. The summed E-state index contributed by atoms with van der Waals surface area (Å²) in [5.74, 6) is 0.380. The van der Waals surface area contributed by atoms with E-state index in [1.54, 1.807) is 24.3 Å². The highest BCUT2D eigenvalue weighted by Crippen LogP contribution is 2.22. The minimum absolute atomic E-state index is 0.0214. The summed E-state index contributed by atoms with van der Waals surface area (Å²) in [6.07, 6.45) is 4.75. The van der Waals surface area contributed by atoms with Crippen LogP contribution in [0.3, 0.4) is 0 Å². The Labute approximate surface area is 148 Å². The lowest BCUT2D eigenvalue weighted by Crippen LogP contribution is -2.40. The fourth-order valence-corrected chi connectivity index (χ4v) is 4.50. The van der Waals surface area contributed by atoms with Gasteiger partial charge in [0.25, 0.3) is 10.0 Å². The van der Waals surface area contributed by atoms with Crippen molar-refractivity contribution in [2.75, 3.05) is 6.54 Å². The van der Waals surface area contributed by atoms with Crippen molar-refractivity contribution in [3.63, 3.8) is 0 Å². The summed E-state index contributed by atoms with van der Waals surface area (Å²) in [5, 5.41) is 3.04. The Kier molecular flexibility index (Phi) is 5.39. The zero-order valence-electron chi connectivity index (χ0n) is 14.1. The second-order valence-corrected chi connectivity index (χ2v) is 8.27. The van der Waals surface area contributed by atoms with Crippen LogP contribution in [-0.4, -0.2) is 38.8 Å². The first-order valence-electron chi connectivity index (χ1n) is 8.67. The zero-order valence-corrected chi connectivity index (χ0v) is 14.9. The Bertz CT molecular complexity index is 768. The molecule has 1 aromatic rings. The molecule has 1 fully saturated rings. The maximum Gasteiger partial charge on any atom is 0.263 e. The van der Waals surface area contributed by atoms with Crippen LogP contribution in [0.5, 0.6) is 0 Å². The number of fused-ring (bicyclic) bond motifs is 1. The number of nitrogens with one attached hydrogen (secondary N) is 2. The molecule has 7 nitrogen and oxygen atoms in total. The topological polar surface area (TPSA) is 114 Å². The quantitative estimate of drug-likeness (QED) is 0.673. The number of benzene rings is 1. The summed E-state index contributed by atoms with van der Waals surface area (Å²) in [7, 11) is -3.50. The first-order chi connectivity index (χ1) is 12.0. The van der Waals surface area contributed by atoms with Crippen LogP contribution >= 0.6 is 0 Å². The average Bonchev–Trinajstić information content (AvgIpc) is 2.85. The van der Waals surface area contributed by atoms with E-state index in [1.807, 2.05) is 0 Å². The van der Waals surface area contributed by atoms with Crippen LogP contribution in [0.25, 0.3) is 0 Å². The molecule has 1 aliphatic heterocycles. The van der Waals surface area contributed by atoms with E-state index in [2.05, 4.69) is 15.0 Å². The number of nitrogens with two attached hydrogens (primary N) is 1. The van der Waals surface area contributed by atoms with Gasteiger partial charge in [-0.05, 0) is 44.2 Å². The van der Waals surface area contributed by atoms with Gasteiger partial charge in [-0.1, -0.05) is 12.1 Å². The van der Waals surface area contributed by atoms with Crippen LogP contribution in [0.2, 0.25) is 0 Å². The van der Waals surface area contributed by atoms with E-state index in [0.29, 0.717) is 30.8 Å². The molecule has 0 atom stereocenters. The minimum atomic E-state index is -3.50. The lowest BCUT2D eigenvalue weighted by Gasteiger charge is -2.26. The molecule has 0 bridgehead atoms. The SMILES string of the molecule is NC1CCC(NC(=O)CCCN=C2NS(=O)(=O)c3ccccc32)CC1. The summed E-state index contributed by atoms with van der Waals surface area (Å²) in [6.45, 7) is 0.398. The second-order valence-electron chi connectivity index (χ2n) is 6.61. The van der Waals surface area contributed by atoms with E-state index < -0.39 is 10.0 Å². The summed E-state index contributed by atoms with van der Waals surface area (Å²) < 4.78 is 26.4. The third-order valence-electron chi connectivity index (χ3n) is 4.63. The molecule has 0 unspecified atom stereocenters. The van der Waals surface area contributed by atoms with Crippen molar-refractivity contribution in [2.45, 2.75) is 55.5 Å². The predicted octanol–water partition coefficient (Wildman–Crippen LogP) is 0.891. The van der Waals surface area contributed by atoms with Crippen molar-refractivity contribution in [3.8, 4) is 0 Å². The van der Waals surface area contributed by atoms with Crippen molar-refractivity contribution in [1.29, 1.82) is 0 Å². The Morgan fingerprint density at radius 2 is 1.96 bits per heavy atom. The Hall–Kier alpha value is -1.93. The molecule has 3 rings (SSSR count). The van der Waals surface area contributed by atoms with Gasteiger partial charge in [0.1, 0.15) is 5.84 Å². The van der Waals surface area contributed by atoms with Gasteiger partial charge in [0.15, 0.2) is 0 Å². The van der Waals surface area contributed by atoms with Crippen molar-refractivity contribution in [1.82, 2.24) is 10.0 Å². The van der Waals surface area contributed by atoms with Crippen molar-refractivity contribution in [2.24, 2.45) is 10.7 Å².